The molecular formula is C18H16N2OS2. The number of nitrogens with one attached hydrogen (secondary N) is 2. The van der Waals surface area contributed by atoms with E-state index < -0.39 is 0 Å². The first-order valence-electron chi connectivity index (χ1n) is 7.16. The van der Waals surface area contributed by atoms with E-state index in [2.05, 4.69) is 22.8 Å². The zero-order chi connectivity index (χ0) is 16.1. The number of rotatable bonds is 4. The number of aryl methyl sites for hydroxylation is 1. The minimum Gasteiger partial charge on any atom is -0.308 e. The highest BCUT2D eigenvalue weighted by molar-refractivity contribution is 7.99. The average Bonchev–Trinajstić information content (AvgIpc) is 2.95. The van der Waals surface area contributed by atoms with Crippen molar-refractivity contribution in [2.75, 3.05) is 10.6 Å². The summed E-state index contributed by atoms with van der Waals surface area (Å²) in [4.78, 5) is 14.3. The van der Waals surface area contributed by atoms with Crippen LogP contribution in [0, 0.1) is 6.92 Å². The van der Waals surface area contributed by atoms with Crippen molar-refractivity contribution in [1.29, 1.82) is 0 Å². The van der Waals surface area contributed by atoms with Crippen molar-refractivity contribution >= 4 is 39.8 Å². The summed E-state index contributed by atoms with van der Waals surface area (Å²) in [6, 6.07) is 19.8. The van der Waals surface area contributed by atoms with Crippen LogP contribution in [-0.4, -0.2) is 6.03 Å². The molecule has 2 N–H and O–H groups in total. The van der Waals surface area contributed by atoms with E-state index in [-0.39, 0.29) is 6.03 Å². The van der Waals surface area contributed by atoms with E-state index in [4.69, 9.17) is 0 Å². The minimum atomic E-state index is -0.223. The molecule has 0 spiro atoms. The molecule has 1 heterocycles. The van der Waals surface area contributed by atoms with Crippen molar-refractivity contribution in [3.63, 3.8) is 0 Å². The van der Waals surface area contributed by atoms with Crippen molar-refractivity contribution in [3.05, 3.63) is 71.6 Å². The molecule has 1 aromatic heterocycles. The van der Waals surface area contributed by atoms with Gasteiger partial charge >= 0.3 is 6.03 Å². The van der Waals surface area contributed by atoms with E-state index in [0.717, 1.165) is 21.1 Å². The SMILES string of the molecule is Cc1ccsc1NC(=O)Nc1ccc(Sc2ccccc2)cc1. The first-order chi connectivity index (χ1) is 11.2. The van der Waals surface area contributed by atoms with E-state index >= 15 is 0 Å². The predicted octanol–water partition coefficient (Wildman–Crippen LogP) is 5.85. The van der Waals surface area contributed by atoms with Gasteiger partial charge in [-0.25, -0.2) is 4.79 Å². The summed E-state index contributed by atoms with van der Waals surface area (Å²) in [5.74, 6) is 0. The molecule has 3 nitrogen and oxygen atoms in total. The molecule has 0 aliphatic carbocycles. The first kappa shape index (κ1) is 15.6. The maximum Gasteiger partial charge on any atom is 0.324 e. The van der Waals surface area contributed by atoms with Crippen LogP contribution in [0.3, 0.4) is 0 Å². The molecule has 0 aliphatic rings. The molecule has 116 valence electrons. The second-order valence-corrected chi connectivity index (χ2v) is 7.01. The van der Waals surface area contributed by atoms with E-state index in [9.17, 15) is 4.79 Å². The van der Waals surface area contributed by atoms with Crippen LogP contribution in [0.4, 0.5) is 15.5 Å². The van der Waals surface area contributed by atoms with Crippen LogP contribution >= 0.6 is 23.1 Å². The quantitative estimate of drug-likeness (QED) is 0.625. The number of urea groups is 1. The highest BCUT2D eigenvalue weighted by Gasteiger charge is 2.06. The molecule has 0 saturated heterocycles. The third-order valence-corrected chi connectivity index (χ3v) is 5.13. The largest absolute Gasteiger partial charge is 0.324 e. The second-order valence-electron chi connectivity index (χ2n) is 4.95. The summed E-state index contributed by atoms with van der Waals surface area (Å²) < 4.78 is 0. The second kappa shape index (κ2) is 7.35. The van der Waals surface area contributed by atoms with Crippen LogP contribution in [0.15, 0.2) is 75.8 Å². The summed E-state index contributed by atoms with van der Waals surface area (Å²) in [5.41, 5.74) is 1.84. The van der Waals surface area contributed by atoms with Crippen LogP contribution in [-0.2, 0) is 0 Å². The van der Waals surface area contributed by atoms with Gasteiger partial charge < -0.3 is 5.32 Å². The Bertz CT molecular complexity index is 782. The molecule has 23 heavy (non-hydrogen) atoms. The third kappa shape index (κ3) is 4.37. The van der Waals surface area contributed by atoms with Crippen LogP contribution in [0.25, 0.3) is 0 Å². The number of hydrogen-bond donors (Lipinski definition) is 2. The molecule has 0 bridgehead atoms. The summed E-state index contributed by atoms with van der Waals surface area (Å²) >= 11 is 3.21. The zero-order valence-corrected chi connectivity index (χ0v) is 14.2. The van der Waals surface area contributed by atoms with E-state index in [1.165, 1.54) is 16.2 Å². The zero-order valence-electron chi connectivity index (χ0n) is 12.6. The monoisotopic (exact) mass is 340 g/mol. The first-order valence-corrected chi connectivity index (χ1v) is 8.85. The van der Waals surface area contributed by atoms with Crippen molar-refractivity contribution in [2.24, 2.45) is 0 Å². The molecule has 0 fully saturated rings. The Hall–Kier alpha value is -2.24. The lowest BCUT2D eigenvalue weighted by atomic mass is 10.3. The van der Waals surface area contributed by atoms with Crippen molar-refractivity contribution < 1.29 is 4.79 Å². The van der Waals surface area contributed by atoms with Crippen LogP contribution < -0.4 is 10.6 Å². The summed E-state index contributed by atoms with van der Waals surface area (Å²) in [7, 11) is 0. The Kier molecular flexibility index (Phi) is 5.00. The Morgan fingerprint density at radius 3 is 2.26 bits per heavy atom. The standard InChI is InChI=1S/C18H16N2OS2/c1-13-11-12-22-17(13)20-18(21)19-14-7-9-16(10-8-14)23-15-5-3-2-4-6-15/h2-12H,1H3,(H2,19,20,21). The number of hydrogen-bond acceptors (Lipinski definition) is 3. The molecule has 5 heteroatoms. The smallest absolute Gasteiger partial charge is 0.308 e. The Balaban J connectivity index is 1.59. The average molecular weight is 340 g/mol. The molecule has 0 unspecified atom stereocenters. The highest BCUT2D eigenvalue weighted by Crippen LogP contribution is 2.28. The predicted molar refractivity (Wildman–Crippen MR) is 98.7 cm³/mol. The maximum absolute atomic E-state index is 12.0. The molecule has 3 rings (SSSR count). The fourth-order valence-electron chi connectivity index (χ4n) is 2.00. The minimum absolute atomic E-state index is 0.223. The number of thiophene rings is 1. The van der Waals surface area contributed by atoms with Gasteiger partial charge in [-0.2, -0.15) is 0 Å². The van der Waals surface area contributed by atoms with Crippen LogP contribution in [0.1, 0.15) is 5.56 Å². The van der Waals surface area contributed by atoms with Gasteiger partial charge in [0, 0.05) is 15.5 Å². The Morgan fingerprint density at radius 2 is 1.61 bits per heavy atom. The fourth-order valence-corrected chi connectivity index (χ4v) is 3.65. The van der Waals surface area contributed by atoms with Gasteiger partial charge in [0.1, 0.15) is 0 Å². The van der Waals surface area contributed by atoms with Crippen LogP contribution in [0.2, 0.25) is 0 Å². The third-order valence-electron chi connectivity index (χ3n) is 3.18. The normalized spacial score (nSPS) is 10.3. The Morgan fingerprint density at radius 1 is 0.913 bits per heavy atom. The molecule has 0 radical (unpaired) electrons. The Labute approximate surface area is 143 Å². The molecule has 0 aliphatic heterocycles. The number of amides is 2. The van der Waals surface area contributed by atoms with E-state index in [1.807, 2.05) is 60.8 Å². The van der Waals surface area contributed by atoms with Crippen molar-refractivity contribution in [3.8, 4) is 0 Å². The van der Waals surface area contributed by atoms with Gasteiger partial charge in [0.2, 0.25) is 0 Å². The molecule has 0 saturated carbocycles. The molecule has 0 atom stereocenters. The molecule has 3 aromatic rings. The number of anilines is 2. The lowest BCUT2D eigenvalue weighted by Crippen LogP contribution is -2.19. The van der Waals surface area contributed by atoms with Gasteiger partial charge in [-0.3, -0.25) is 5.32 Å². The van der Waals surface area contributed by atoms with Gasteiger partial charge in [-0.15, -0.1) is 11.3 Å². The lowest BCUT2D eigenvalue weighted by Gasteiger charge is -2.08. The molecule has 2 aromatic carbocycles. The molecule has 2 amide bonds. The van der Waals surface area contributed by atoms with Gasteiger partial charge in [0.15, 0.2) is 0 Å². The van der Waals surface area contributed by atoms with Gasteiger partial charge in [0.25, 0.3) is 0 Å². The van der Waals surface area contributed by atoms with Gasteiger partial charge in [-0.1, -0.05) is 30.0 Å². The molecular weight excluding hydrogens is 324 g/mol. The topological polar surface area (TPSA) is 41.1 Å². The number of carbonyl (C=O) groups is 1. The lowest BCUT2D eigenvalue weighted by molar-refractivity contribution is 0.262. The maximum atomic E-state index is 12.0. The van der Waals surface area contributed by atoms with Crippen molar-refractivity contribution in [1.82, 2.24) is 0 Å². The summed E-state index contributed by atoms with van der Waals surface area (Å²) in [6.07, 6.45) is 0. The van der Waals surface area contributed by atoms with Gasteiger partial charge in [0.05, 0.1) is 5.00 Å². The van der Waals surface area contributed by atoms with E-state index in [0.29, 0.717) is 0 Å². The number of benzene rings is 2. The summed E-state index contributed by atoms with van der Waals surface area (Å²) in [6.45, 7) is 1.97. The highest BCUT2D eigenvalue weighted by atomic mass is 32.2. The number of carbonyl (C=O) groups excluding carboxylic acids is 1. The van der Waals surface area contributed by atoms with Crippen LogP contribution in [0.5, 0.6) is 0 Å². The van der Waals surface area contributed by atoms with Crippen molar-refractivity contribution in [2.45, 2.75) is 16.7 Å². The van der Waals surface area contributed by atoms with Gasteiger partial charge in [-0.05, 0) is 60.3 Å². The fraction of sp³-hybridized carbons (Fsp3) is 0.0556. The van der Waals surface area contributed by atoms with E-state index in [1.54, 1.807) is 11.8 Å². The summed E-state index contributed by atoms with van der Waals surface area (Å²) in [5, 5.41) is 8.53.